The first-order valence-electron chi connectivity index (χ1n) is 4.98. The summed E-state index contributed by atoms with van der Waals surface area (Å²) in [5.74, 6) is 0.401. The summed E-state index contributed by atoms with van der Waals surface area (Å²) in [6.07, 6.45) is 1.84. The van der Waals surface area contributed by atoms with Crippen LogP contribution >= 0.6 is 0 Å². The molecule has 15 heavy (non-hydrogen) atoms. The van der Waals surface area contributed by atoms with Gasteiger partial charge in [-0.15, -0.1) is 0 Å². The van der Waals surface area contributed by atoms with Crippen LogP contribution in [0.15, 0.2) is 11.3 Å². The first kappa shape index (κ1) is 11.8. The average Bonchev–Trinajstić information content (AvgIpc) is 2.63. The van der Waals surface area contributed by atoms with Crippen molar-refractivity contribution >= 4 is 11.8 Å². The van der Waals surface area contributed by atoms with Crippen molar-refractivity contribution in [1.82, 2.24) is 0 Å². The highest BCUT2D eigenvalue weighted by molar-refractivity contribution is 5.88. The molecule has 1 aliphatic rings. The normalized spacial score (nSPS) is 23.3. The molecular formula is C11H16O4. The third kappa shape index (κ3) is 3.08. The van der Waals surface area contributed by atoms with Crippen LogP contribution in [0, 0.1) is 0 Å². The lowest BCUT2D eigenvalue weighted by molar-refractivity contribution is -0.136. The summed E-state index contributed by atoms with van der Waals surface area (Å²) in [6.45, 7) is 3.22. The van der Waals surface area contributed by atoms with Crippen LogP contribution in [0.3, 0.4) is 0 Å². The van der Waals surface area contributed by atoms with Gasteiger partial charge in [-0.1, -0.05) is 0 Å². The molecule has 1 saturated heterocycles. The van der Waals surface area contributed by atoms with Crippen molar-refractivity contribution < 1.29 is 19.1 Å². The van der Waals surface area contributed by atoms with Gasteiger partial charge in [0.1, 0.15) is 17.6 Å². The van der Waals surface area contributed by atoms with Gasteiger partial charge in [-0.05, 0) is 20.3 Å². The molecule has 0 aromatic rings. The molecule has 0 radical (unpaired) electrons. The van der Waals surface area contributed by atoms with Gasteiger partial charge in [-0.2, -0.15) is 0 Å². The van der Waals surface area contributed by atoms with Crippen LogP contribution in [-0.4, -0.2) is 25.0 Å². The molecule has 0 amide bonds. The maximum absolute atomic E-state index is 11.2. The minimum Gasteiger partial charge on any atom is -0.494 e. The minimum absolute atomic E-state index is 0.0721. The van der Waals surface area contributed by atoms with E-state index in [4.69, 9.17) is 4.74 Å². The van der Waals surface area contributed by atoms with Gasteiger partial charge < -0.3 is 9.47 Å². The number of carbonyl (C=O) groups is 2. The van der Waals surface area contributed by atoms with Crippen LogP contribution in [0.4, 0.5) is 0 Å². The molecule has 0 N–H and O–H groups in total. The van der Waals surface area contributed by atoms with E-state index >= 15 is 0 Å². The number of hydrogen-bond acceptors (Lipinski definition) is 4. The van der Waals surface area contributed by atoms with Crippen molar-refractivity contribution in [3.05, 3.63) is 11.3 Å². The molecule has 0 aromatic carbocycles. The molecule has 0 saturated carbocycles. The highest BCUT2D eigenvalue weighted by Crippen LogP contribution is 2.28. The Balaban J connectivity index is 2.62. The summed E-state index contributed by atoms with van der Waals surface area (Å²) in [7, 11) is 1.34. The number of hydrogen-bond donors (Lipinski definition) is 0. The second kappa shape index (κ2) is 4.96. The van der Waals surface area contributed by atoms with E-state index in [-0.39, 0.29) is 17.9 Å². The zero-order valence-electron chi connectivity index (χ0n) is 9.33. The number of Topliss-reactive ketones (excluding diaryl/α,β-unsaturated/α-hetero) is 1. The fraction of sp³-hybridized carbons (Fsp3) is 0.636. The Kier molecular flexibility index (Phi) is 3.88. The van der Waals surface area contributed by atoms with Gasteiger partial charge in [-0.3, -0.25) is 4.79 Å². The van der Waals surface area contributed by atoms with Gasteiger partial charge in [0.2, 0.25) is 0 Å². The molecule has 1 rings (SSSR count). The van der Waals surface area contributed by atoms with Crippen LogP contribution in [0.1, 0.15) is 33.1 Å². The molecule has 1 aliphatic heterocycles. The molecule has 4 nitrogen and oxygen atoms in total. The summed E-state index contributed by atoms with van der Waals surface area (Å²) < 4.78 is 10.1. The first-order chi connectivity index (χ1) is 7.04. The van der Waals surface area contributed by atoms with E-state index in [1.165, 1.54) is 14.0 Å². The molecule has 1 fully saturated rings. The zero-order valence-corrected chi connectivity index (χ0v) is 9.33. The molecule has 1 atom stereocenters. The molecule has 0 bridgehead atoms. The molecule has 0 aliphatic carbocycles. The largest absolute Gasteiger partial charge is 0.494 e. The standard InChI is InChI=1S/C11H16O4/c1-7(12)6-9-4-5-10(15-9)8(2)11(13)14-3/h9H,4-6H2,1-3H3/b10-8+/t9-/m0/s1. The van der Waals surface area contributed by atoms with Crippen molar-refractivity contribution in [3.8, 4) is 0 Å². The number of esters is 1. The smallest absolute Gasteiger partial charge is 0.336 e. The maximum atomic E-state index is 11.2. The van der Waals surface area contributed by atoms with Gasteiger partial charge in [0, 0.05) is 12.8 Å². The van der Waals surface area contributed by atoms with Crippen LogP contribution in [-0.2, 0) is 19.1 Å². The maximum Gasteiger partial charge on any atom is 0.336 e. The van der Waals surface area contributed by atoms with E-state index in [9.17, 15) is 9.59 Å². The molecule has 0 unspecified atom stereocenters. The average molecular weight is 212 g/mol. The Morgan fingerprint density at radius 1 is 1.47 bits per heavy atom. The predicted octanol–water partition coefficient (Wildman–Crippen LogP) is 1.59. The van der Waals surface area contributed by atoms with Gasteiger partial charge in [0.05, 0.1) is 12.7 Å². The summed E-state index contributed by atoms with van der Waals surface area (Å²) in [6, 6.07) is 0. The fourth-order valence-corrected chi connectivity index (χ4v) is 1.62. The highest BCUT2D eigenvalue weighted by Gasteiger charge is 2.25. The van der Waals surface area contributed by atoms with E-state index in [2.05, 4.69) is 4.74 Å². The molecular weight excluding hydrogens is 196 g/mol. The van der Waals surface area contributed by atoms with E-state index < -0.39 is 0 Å². The van der Waals surface area contributed by atoms with Gasteiger partial charge in [0.15, 0.2) is 0 Å². The topological polar surface area (TPSA) is 52.6 Å². The molecule has 0 aromatic heterocycles. The monoisotopic (exact) mass is 212 g/mol. The van der Waals surface area contributed by atoms with Gasteiger partial charge in [0.25, 0.3) is 0 Å². The van der Waals surface area contributed by atoms with Crippen molar-refractivity contribution in [2.24, 2.45) is 0 Å². The number of allylic oxidation sites excluding steroid dienone is 1. The Bertz CT molecular complexity index is 304. The number of rotatable bonds is 3. The van der Waals surface area contributed by atoms with E-state index in [1.807, 2.05) is 0 Å². The van der Waals surface area contributed by atoms with E-state index in [0.717, 1.165) is 6.42 Å². The van der Waals surface area contributed by atoms with Crippen LogP contribution < -0.4 is 0 Å². The Morgan fingerprint density at radius 3 is 2.67 bits per heavy atom. The number of ether oxygens (including phenoxy) is 2. The van der Waals surface area contributed by atoms with Crippen molar-refractivity contribution in [2.45, 2.75) is 39.2 Å². The number of carbonyl (C=O) groups excluding carboxylic acids is 2. The molecule has 1 heterocycles. The van der Waals surface area contributed by atoms with Crippen molar-refractivity contribution in [3.63, 3.8) is 0 Å². The van der Waals surface area contributed by atoms with Gasteiger partial charge >= 0.3 is 5.97 Å². The predicted molar refractivity (Wildman–Crippen MR) is 54.1 cm³/mol. The number of ketones is 1. The summed E-state index contributed by atoms with van der Waals surface area (Å²) >= 11 is 0. The van der Waals surface area contributed by atoms with Crippen LogP contribution in [0.25, 0.3) is 0 Å². The van der Waals surface area contributed by atoms with Gasteiger partial charge in [-0.25, -0.2) is 4.79 Å². The van der Waals surface area contributed by atoms with Crippen molar-refractivity contribution in [1.29, 1.82) is 0 Å². The van der Waals surface area contributed by atoms with E-state index in [1.54, 1.807) is 6.92 Å². The second-order valence-electron chi connectivity index (χ2n) is 3.72. The molecule has 0 spiro atoms. The Hall–Kier alpha value is -1.32. The lowest BCUT2D eigenvalue weighted by Crippen LogP contribution is -2.10. The van der Waals surface area contributed by atoms with Crippen molar-refractivity contribution in [2.75, 3.05) is 7.11 Å². The fourth-order valence-electron chi connectivity index (χ4n) is 1.62. The molecule has 84 valence electrons. The lowest BCUT2D eigenvalue weighted by Gasteiger charge is -2.09. The third-order valence-electron chi connectivity index (χ3n) is 2.43. The summed E-state index contributed by atoms with van der Waals surface area (Å²) in [5.41, 5.74) is 0.503. The highest BCUT2D eigenvalue weighted by atomic mass is 16.5. The summed E-state index contributed by atoms with van der Waals surface area (Å²) in [4.78, 5) is 22.1. The van der Waals surface area contributed by atoms with Crippen LogP contribution in [0.2, 0.25) is 0 Å². The quantitative estimate of drug-likeness (QED) is 0.526. The number of methoxy groups -OCH3 is 1. The minimum atomic E-state index is -0.367. The van der Waals surface area contributed by atoms with Crippen LogP contribution in [0.5, 0.6) is 0 Å². The SMILES string of the molecule is COC(=O)/C(C)=C1\CC[C@@H](CC(C)=O)O1. The third-order valence-corrected chi connectivity index (χ3v) is 2.43. The van der Waals surface area contributed by atoms with E-state index in [0.29, 0.717) is 24.2 Å². The lowest BCUT2D eigenvalue weighted by atomic mass is 10.1. The Morgan fingerprint density at radius 2 is 2.13 bits per heavy atom. The first-order valence-corrected chi connectivity index (χ1v) is 4.98. The molecule has 4 heteroatoms. The second-order valence-corrected chi connectivity index (χ2v) is 3.72. The summed E-state index contributed by atoms with van der Waals surface area (Å²) in [5, 5.41) is 0. The Labute approximate surface area is 89.2 Å². The zero-order chi connectivity index (χ0) is 11.4.